The first-order valence-corrected chi connectivity index (χ1v) is 7.94. The molecule has 2 aromatic carbocycles. The highest BCUT2D eigenvalue weighted by Crippen LogP contribution is 2.26. The normalized spacial score (nSPS) is 12.4. The summed E-state index contributed by atoms with van der Waals surface area (Å²) in [6, 6.07) is 13.5. The number of nitrogens with one attached hydrogen (secondary N) is 1. The Morgan fingerprint density at radius 1 is 1.15 bits per heavy atom. The smallest absolute Gasteiger partial charge is 0.128 e. The molecule has 1 atom stereocenters. The lowest BCUT2D eigenvalue weighted by Gasteiger charge is -2.21. The van der Waals surface area contributed by atoms with Gasteiger partial charge in [-0.2, -0.15) is 0 Å². The van der Waals surface area contributed by atoms with Gasteiger partial charge in [-0.15, -0.1) is 0 Å². The summed E-state index contributed by atoms with van der Waals surface area (Å²) in [6.45, 7) is 4.97. The van der Waals surface area contributed by atoms with Gasteiger partial charge in [-0.3, -0.25) is 0 Å². The van der Waals surface area contributed by atoms with Gasteiger partial charge in [-0.25, -0.2) is 4.39 Å². The monoisotopic (exact) mass is 383 g/mol. The van der Waals surface area contributed by atoms with E-state index in [2.05, 4.69) is 59.1 Å². The SMILES string of the molecule is CCCNC(c1ccc(I)cc1)c1cc(C)ccc1F. The minimum atomic E-state index is -0.150. The molecule has 0 aliphatic carbocycles. The molecular formula is C17H19FIN. The lowest BCUT2D eigenvalue weighted by Crippen LogP contribution is -2.24. The van der Waals surface area contributed by atoms with Crippen molar-refractivity contribution in [1.82, 2.24) is 5.32 Å². The van der Waals surface area contributed by atoms with Crippen molar-refractivity contribution in [2.24, 2.45) is 0 Å². The molecule has 0 aliphatic heterocycles. The first kappa shape index (κ1) is 15.4. The van der Waals surface area contributed by atoms with E-state index in [0.29, 0.717) is 0 Å². The maximum absolute atomic E-state index is 14.2. The zero-order valence-electron chi connectivity index (χ0n) is 11.8. The lowest BCUT2D eigenvalue weighted by molar-refractivity contribution is 0.546. The van der Waals surface area contributed by atoms with E-state index in [1.807, 2.05) is 19.1 Å². The van der Waals surface area contributed by atoms with Crippen molar-refractivity contribution < 1.29 is 4.39 Å². The molecule has 0 saturated heterocycles. The standard InChI is InChI=1S/C17H19FIN/c1-3-10-20-17(13-5-7-14(19)8-6-13)15-11-12(2)4-9-16(15)18/h4-9,11,17,20H,3,10H2,1-2H3. The number of hydrogen-bond acceptors (Lipinski definition) is 1. The first-order valence-electron chi connectivity index (χ1n) is 6.86. The summed E-state index contributed by atoms with van der Waals surface area (Å²) in [5.74, 6) is -0.150. The summed E-state index contributed by atoms with van der Waals surface area (Å²) < 4.78 is 15.4. The second-order valence-corrected chi connectivity index (χ2v) is 6.21. The van der Waals surface area contributed by atoms with E-state index in [1.54, 1.807) is 6.07 Å². The van der Waals surface area contributed by atoms with Crippen LogP contribution in [0.25, 0.3) is 0 Å². The molecule has 2 rings (SSSR count). The molecule has 1 nitrogen and oxygen atoms in total. The average Bonchev–Trinajstić information content (AvgIpc) is 2.44. The van der Waals surface area contributed by atoms with Crippen LogP contribution in [0, 0.1) is 16.3 Å². The first-order chi connectivity index (χ1) is 9.61. The number of halogens is 2. The highest BCUT2D eigenvalue weighted by molar-refractivity contribution is 14.1. The third kappa shape index (κ3) is 3.79. The van der Waals surface area contributed by atoms with E-state index < -0.39 is 0 Å². The fraction of sp³-hybridized carbons (Fsp3) is 0.294. The maximum atomic E-state index is 14.2. The van der Waals surface area contributed by atoms with Crippen LogP contribution in [0.5, 0.6) is 0 Å². The number of benzene rings is 2. The Hall–Kier alpha value is -0.940. The fourth-order valence-corrected chi connectivity index (χ4v) is 2.60. The summed E-state index contributed by atoms with van der Waals surface area (Å²) in [5.41, 5.74) is 2.90. The third-order valence-corrected chi connectivity index (χ3v) is 3.98. The van der Waals surface area contributed by atoms with Crippen molar-refractivity contribution in [3.63, 3.8) is 0 Å². The highest BCUT2D eigenvalue weighted by Gasteiger charge is 2.17. The fourth-order valence-electron chi connectivity index (χ4n) is 2.24. The van der Waals surface area contributed by atoms with E-state index in [-0.39, 0.29) is 11.9 Å². The Kier molecular flexibility index (Phi) is 5.54. The Balaban J connectivity index is 2.41. The van der Waals surface area contributed by atoms with Crippen molar-refractivity contribution in [1.29, 1.82) is 0 Å². The highest BCUT2D eigenvalue weighted by atomic mass is 127. The Morgan fingerprint density at radius 3 is 2.50 bits per heavy atom. The van der Waals surface area contributed by atoms with Gasteiger partial charge < -0.3 is 5.32 Å². The summed E-state index contributed by atoms with van der Waals surface area (Å²) in [4.78, 5) is 0. The molecule has 0 saturated carbocycles. The van der Waals surface area contributed by atoms with Gasteiger partial charge in [0.1, 0.15) is 5.82 Å². The molecule has 0 spiro atoms. The molecule has 0 radical (unpaired) electrons. The van der Waals surface area contributed by atoms with Gasteiger partial charge in [-0.1, -0.05) is 36.8 Å². The van der Waals surface area contributed by atoms with Gasteiger partial charge in [0.05, 0.1) is 6.04 Å². The van der Waals surface area contributed by atoms with Crippen molar-refractivity contribution in [3.05, 3.63) is 68.5 Å². The average molecular weight is 383 g/mol. The summed E-state index contributed by atoms with van der Waals surface area (Å²) in [7, 11) is 0. The van der Waals surface area contributed by atoms with Gasteiger partial charge >= 0.3 is 0 Å². The Morgan fingerprint density at radius 2 is 1.85 bits per heavy atom. The van der Waals surface area contributed by atoms with Crippen LogP contribution in [0.1, 0.15) is 36.1 Å². The number of rotatable bonds is 5. The molecule has 1 unspecified atom stereocenters. The second-order valence-electron chi connectivity index (χ2n) is 4.96. The molecule has 0 heterocycles. The molecule has 0 bridgehead atoms. The molecule has 1 N–H and O–H groups in total. The number of hydrogen-bond donors (Lipinski definition) is 1. The molecule has 0 fully saturated rings. The Labute approximate surface area is 133 Å². The van der Waals surface area contributed by atoms with Gasteiger partial charge in [0.2, 0.25) is 0 Å². The van der Waals surface area contributed by atoms with Crippen LogP contribution in [0.3, 0.4) is 0 Å². The molecule has 0 aliphatic rings. The maximum Gasteiger partial charge on any atom is 0.128 e. The van der Waals surface area contributed by atoms with Crippen molar-refractivity contribution in [3.8, 4) is 0 Å². The van der Waals surface area contributed by atoms with E-state index >= 15 is 0 Å². The summed E-state index contributed by atoms with van der Waals surface area (Å²) >= 11 is 2.28. The molecule has 2 aromatic rings. The predicted molar refractivity (Wildman–Crippen MR) is 90.4 cm³/mol. The molecule has 0 amide bonds. The van der Waals surface area contributed by atoms with Crippen LogP contribution < -0.4 is 5.32 Å². The van der Waals surface area contributed by atoms with Crippen LogP contribution in [-0.2, 0) is 0 Å². The quantitative estimate of drug-likeness (QED) is 0.730. The number of aryl methyl sites for hydroxylation is 1. The van der Waals surface area contributed by atoms with Crippen molar-refractivity contribution in [2.45, 2.75) is 26.3 Å². The third-order valence-electron chi connectivity index (χ3n) is 3.26. The zero-order chi connectivity index (χ0) is 14.5. The van der Waals surface area contributed by atoms with Crippen LogP contribution in [-0.4, -0.2) is 6.54 Å². The molecule has 3 heteroatoms. The minimum Gasteiger partial charge on any atom is -0.306 e. The second kappa shape index (κ2) is 7.18. The van der Waals surface area contributed by atoms with Gasteiger partial charge in [-0.05, 0) is 66.2 Å². The lowest BCUT2D eigenvalue weighted by atomic mass is 9.96. The minimum absolute atomic E-state index is 0.0909. The van der Waals surface area contributed by atoms with E-state index in [0.717, 1.165) is 29.7 Å². The van der Waals surface area contributed by atoms with Crippen LogP contribution in [0.2, 0.25) is 0 Å². The topological polar surface area (TPSA) is 12.0 Å². The Bertz CT molecular complexity index is 566. The molecule has 106 valence electrons. The van der Waals surface area contributed by atoms with Gasteiger partial charge in [0, 0.05) is 9.13 Å². The zero-order valence-corrected chi connectivity index (χ0v) is 13.9. The summed E-state index contributed by atoms with van der Waals surface area (Å²) in [5, 5.41) is 3.45. The predicted octanol–water partition coefficient (Wildman–Crippen LogP) is 4.83. The van der Waals surface area contributed by atoms with Crippen molar-refractivity contribution >= 4 is 22.6 Å². The van der Waals surface area contributed by atoms with E-state index in [1.165, 1.54) is 3.57 Å². The van der Waals surface area contributed by atoms with E-state index in [4.69, 9.17) is 0 Å². The van der Waals surface area contributed by atoms with Crippen LogP contribution in [0.4, 0.5) is 4.39 Å². The van der Waals surface area contributed by atoms with E-state index in [9.17, 15) is 4.39 Å². The molecule has 20 heavy (non-hydrogen) atoms. The van der Waals surface area contributed by atoms with Crippen LogP contribution in [0.15, 0.2) is 42.5 Å². The molecular weight excluding hydrogens is 364 g/mol. The largest absolute Gasteiger partial charge is 0.306 e. The molecule has 0 aromatic heterocycles. The van der Waals surface area contributed by atoms with Gasteiger partial charge in [0.25, 0.3) is 0 Å². The van der Waals surface area contributed by atoms with Crippen LogP contribution >= 0.6 is 22.6 Å². The summed E-state index contributed by atoms with van der Waals surface area (Å²) in [6.07, 6.45) is 1.02. The van der Waals surface area contributed by atoms with Gasteiger partial charge in [0.15, 0.2) is 0 Å². The van der Waals surface area contributed by atoms with Crippen molar-refractivity contribution in [2.75, 3.05) is 6.54 Å².